The van der Waals surface area contributed by atoms with E-state index in [1.165, 1.54) is 5.56 Å². The fourth-order valence-corrected chi connectivity index (χ4v) is 4.39. The number of rotatable bonds is 6. The van der Waals surface area contributed by atoms with Crippen LogP contribution < -0.4 is 16.0 Å². The van der Waals surface area contributed by atoms with Gasteiger partial charge in [0.2, 0.25) is 5.78 Å². The Balaban J connectivity index is 1.41. The minimum absolute atomic E-state index is 0.0596. The van der Waals surface area contributed by atoms with Crippen LogP contribution in [0.2, 0.25) is 0 Å². The highest BCUT2D eigenvalue weighted by molar-refractivity contribution is 6.11. The number of hydrogen-bond acceptors (Lipinski definition) is 7. The zero-order valence-corrected chi connectivity index (χ0v) is 19.3. The van der Waals surface area contributed by atoms with Crippen LogP contribution in [-0.4, -0.2) is 40.5 Å². The van der Waals surface area contributed by atoms with Crippen molar-refractivity contribution in [2.45, 2.75) is 12.6 Å². The van der Waals surface area contributed by atoms with E-state index >= 15 is 0 Å². The molecule has 1 unspecified atom stereocenters. The van der Waals surface area contributed by atoms with Crippen LogP contribution in [0.3, 0.4) is 0 Å². The van der Waals surface area contributed by atoms with Gasteiger partial charge in [-0.1, -0.05) is 54.6 Å². The van der Waals surface area contributed by atoms with Gasteiger partial charge in [-0.25, -0.2) is 9.97 Å². The molecule has 2 aromatic carbocycles. The van der Waals surface area contributed by atoms with Gasteiger partial charge >= 0.3 is 0 Å². The molecule has 0 spiro atoms. The highest BCUT2D eigenvalue weighted by Gasteiger charge is 2.23. The van der Waals surface area contributed by atoms with Crippen molar-refractivity contribution in [3.8, 4) is 11.1 Å². The minimum atomic E-state index is -0.272. The predicted octanol–water partition coefficient (Wildman–Crippen LogP) is 3.60. The maximum atomic E-state index is 13.4. The normalized spacial score (nSPS) is 15.7. The first-order valence-electron chi connectivity index (χ1n) is 11.6. The Bertz CT molecular complexity index is 1340. The van der Waals surface area contributed by atoms with E-state index < -0.39 is 0 Å². The first kappa shape index (κ1) is 22.7. The summed E-state index contributed by atoms with van der Waals surface area (Å²) in [6, 6.07) is 25.2. The molecule has 7 heteroatoms. The third-order valence-corrected chi connectivity index (χ3v) is 6.27. The Morgan fingerprint density at radius 2 is 1.86 bits per heavy atom. The van der Waals surface area contributed by atoms with Crippen molar-refractivity contribution in [3.05, 3.63) is 107 Å². The fraction of sp³-hybridized carbons (Fsp3) is 0.179. The van der Waals surface area contributed by atoms with Crippen molar-refractivity contribution in [1.29, 1.82) is 0 Å². The molecular weight excluding hydrogens is 438 g/mol. The SMILES string of the molecule is Nc1ncc(-c2cccc(CO)c2)cc1C(=O)c1cccc(N2CCNC(c3ccccc3)C2)n1. The summed E-state index contributed by atoms with van der Waals surface area (Å²) >= 11 is 0. The molecule has 176 valence electrons. The number of nitrogens with zero attached hydrogens (tertiary/aromatic N) is 3. The summed E-state index contributed by atoms with van der Waals surface area (Å²) < 4.78 is 0. The van der Waals surface area contributed by atoms with Crippen LogP contribution in [0, 0.1) is 0 Å². The van der Waals surface area contributed by atoms with E-state index in [4.69, 9.17) is 10.7 Å². The number of aliphatic hydroxyl groups is 1. The van der Waals surface area contributed by atoms with E-state index in [2.05, 4.69) is 27.3 Å². The van der Waals surface area contributed by atoms with Gasteiger partial charge in [0.25, 0.3) is 0 Å². The first-order valence-corrected chi connectivity index (χ1v) is 11.6. The van der Waals surface area contributed by atoms with Crippen LogP contribution in [-0.2, 0) is 6.61 Å². The van der Waals surface area contributed by atoms with Crippen molar-refractivity contribution in [1.82, 2.24) is 15.3 Å². The average Bonchev–Trinajstić information content (AvgIpc) is 2.93. The number of nitrogens with one attached hydrogen (secondary N) is 1. The maximum absolute atomic E-state index is 13.4. The lowest BCUT2D eigenvalue weighted by atomic mass is 10.0. The minimum Gasteiger partial charge on any atom is -0.392 e. The van der Waals surface area contributed by atoms with Gasteiger partial charge in [0, 0.05) is 37.4 Å². The van der Waals surface area contributed by atoms with Gasteiger partial charge < -0.3 is 21.1 Å². The first-order chi connectivity index (χ1) is 17.1. The summed E-state index contributed by atoms with van der Waals surface area (Å²) in [7, 11) is 0. The number of nitrogens with two attached hydrogens (primary N) is 1. The molecule has 1 aliphatic heterocycles. The number of aromatic nitrogens is 2. The molecule has 0 saturated carbocycles. The number of nitrogen functional groups attached to an aromatic ring is 1. The Morgan fingerprint density at radius 3 is 2.69 bits per heavy atom. The van der Waals surface area contributed by atoms with Gasteiger partial charge in [-0.15, -0.1) is 0 Å². The Kier molecular flexibility index (Phi) is 6.52. The monoisotopic (exact) mass is 465 g/mol. The molecule has 5 rings (SSSR count). The zero-order chi connectivity index (χ0) is 24.2. The number of pyridine rings is 2. The Hall–Kier alpha value is -4.07. The second-order valence-corrected chi connectivity index (χ2v) is 8.59. The summed E-state index contributed by atoms with van der Waals surface area (Å²) in [5, 5.41) is 13.0. The zero-order valence-electron chi connectivity index (χ0n) is 19.3. The van der Waals surface area contributed by atoms with Crippen LogP contribution >= 0.6 is 0 Å². The molecule has 2 aromatic heterocycles. The summed E-state index contributed by atoms with van der Waals surface area (Å²) in [6.45, 7) is 2.32. The van der Waals surface area contributed by atoms with Gasteiger partial charge in [-0.2, -0.15) is 0 Å². The molecular formula is C28H27N5O2. The van der Waals surface area contributed by atoms with Crippen molar-refractivity contribution in [3.63, 3.8) is 0 Å². The molecule has 0 radical (unpaired) electrons. The van der Waals surface area contributed by atoms with Crippen molar-refractivity contribution >= 4 is 17.4 Å². The summed E-state index contributed by atoms with van der Waals surface area (Å²) in [4.78, 5) is 24.6. The molecule has 4 aromatic rings. The quantitative estimate of drug-likeness (QED) is 0.374. The van der Waals surface area contributed by atoms with E-state index in [0.29, 0.717) is 11.3 Å². The fourth-order valence-electron chi connectivity index (χ4n) is 4.39. The standard InChI is InChI=1S/C28H27N5O2/c29-28-23(15-22(16-31-28)21-9-4-6-19(14-21)18-34)27(35)24-10-5-11-26(32-24)33-13-12-30-25(17-33)20-7-2-1-3-8-20/h1-11,14-16,25,30,34H,12-13,17-18H2,(H2,29,31). The smallest absolute Gasteiger partial charge is 0.215 e. The number of aliphatic hydroxyl groups excluding tert-OH is 1. The number of carbonyl (C=O) groups excluding carboxylic acids is 1. The van der Waals surface area contributed by atoms with Crippen molar-refractivity contribution in [2.24, 2.45) is 0 Å². The number of benzene rings is 2. The molecule has 1 saturated heterocycles. The molecule has 1 aliphatic rings. The Labute approximate surface area is 204 Å². The van der Waals surface area contributed by atoms with E-state index in [1.807, 2.05) is 54.6 Å². The largest absolute Gasteiger partial charge is 0.392 e. The van der Waals surface area contributed by atoms with Crippen molar-refractivity contribution < 1.29 is 9.90 Å². The highest BCUT2D eigenvalue weighted by Crippen LogP contribution is 2.26. The van der Waals surface area contributed by atoms with E-state index in [0.717, 1.165) is 42.1 Å². The van der Waals surface area contributed by atoms with Gasteiger partial charge in [0.15, 0.2) is 0 Å². The summed E-state index contributed by atoms with van der Waals surface area (Å²) in [6.07, 6.45) is 1.64. The molecule has 3 heterocycles. The second-order valence-electron chi connectivity index (χ2n) is 8.59. The van der Waals surface area contributed by atoms with Gasteiger partial charge in [-0.05, 0) is 41.0 Å². The molecule has 0 bridgehead atoms. The van der Waals surface area contributed by atoms with Crippen LogP contribution in [0.1, 0.15) is 33.2 Å². The Morgan fingerprint density at radius 1 is 1.03 bits per heavy atom. The highest BCUT2D eigenvalue weighted by atomic mass is 16.3. The van der Waals surface area contributed by atoms with E-state index in [-0.39, 0.29) is 24.2 Å². The lowest BCUT2D eigenvalue weighted by Gasteiger charge is -2.35. The van der Waals surface area contributed by atoms with Crippen LogP contribution in [0.25, 0.3) is 11.1 Å². The molecule has 35 heavy (non-hydrogen) atoms. The lowest BCUT2D eigenvalue weighted by Crippen LogP contribution is -2.46. The number of ketones is 1. The van der Waals surface area contributed by atoms with Crippen LogP contribution in [0.15, 0.2) is 85.1 Å². The number of carbonyl (C=O) groups is 1. The van der Waals surface area contributed by atoms with Crippen LogP contribution in [0.4, 0.5) is 11.6 Å². The molecule has 4 N–H and O–H groups in total. The van der Waals surface area contributed by atoms with Gasteiger partial charge in [0.05, 0.1) is 12.2 Å². The molecule has 0 aliphatic carbocycles. The third-order valence-electron chi connectivity index (χ3n) is 6.27. The van der Waals surface area contributed by atoms with Gasteiger partial charge in [0.1, 0.15) is 17.3 Å². The average molecular weight is 466 g/mol. The third kappa shape index (κ3) is 4.91. The molecule has 1 atom stereocenters. The molecule has 0 amide bonds. The topological polar surface area (TPSA) is 104 Å². The second kappa shape index (κ2) is 10.0. The van der Waals surface area contributed by atoms with Crippen LogP contribution in [0.5, 0.6) is 0 Å². The molecule has 1 fully saturated rings. The lowest BCUT2D eigenvalue weighted by molar-refractivity contribution is 0.103. The number of anilines is 2. The number of hydrogen-bond donors (Lipinski definition) is 3. The predicted molar refractivity (Wildman–Crippen MR) is 137 cm³/mol. The van der Waals surface area contributed by atoms with E-state index in [1.54, 1.807) is 18.3 Å². The van der Waals surface area contributed by atoms with Crippen molar-refractivity contribution in [2.75, 3.05) is 30.3 Å². The molecule has 7 nitrogen and oxygen atoms in total. The summed E-state index contributed by atoms with van der Waals surface area (Å²) in [5.74, 6) is 0.652. The maximum Gasteiger partial charge on any atom is 0.215 e. The van der Waals surface area contributed by atoms with E-state index in [9.17, 15) is 9.90 Å². The summed E-state index contributed by atoms with van der Waals surface area (Å²) in [5.41, 5.74) is 10.4. The van der Waals surface area contributed by atoms with Gasteiger partial charge in [-0.3, -0.25) is 4.79 Å². The number of piperazine rings is 1.